The highest BCUT2D eigenvalue weighted by Gasteiger charge is 2.09. The molecular formula is C14H12BrFN2O3. The molecule has 0 aliphatic rings. The number of hydrogen-bond acceptors (Lipinski definition) is 4. The standard InChI is InChI=1S/C14H12BrFN2O3/c1-21-14-5-3-10(6-13(14)16)17-8-9-2-4-11(18(19)20)7-12(9)15/h2-7,17H,8H2,1H3. The number of nitrogens with zero attached hydrogens (tertiary/aromatic N) is 1. The van der Waals surface area contributed by atoms with Crippen molar-refractivity contribution >= 4 is 27.3 Å². The Morgan fingerprint density at radius 2 is 2.10 bits per heavy atom. The highest BCUT2D eigenvalue weighted by atomic mass is 79.9. The van der Waals surface area contributed by atoms with E-state index in [9.17, 15) is 14.5 Å². The largest absolute Gasteiger partial charge is 0.494 e. The first kappa shape index (κ1) is 15.2. The van der Waals surface area contributed by atoms with Crippen LogP contribution in [-0.2, 0) is 6.54 Å². The minimum Gasteiger partial charge on any atom is -0.494 e. The van der Waals surface area contributed by atoms with Crippen LogP contribution in [0.2, 0.25) is 0 Å². The third kappa shape index (κ3) is 3.69. The molecule has 0 bridgehead atoms. The average Bonchev–Trinajstić information content (AvgIpc) is 2.46. The SMILES string of the molecule is COc1ccc(NCc2ccc([N+](=O)[O-])cc2Br)cc1F. The number of nitrogens with one attached hydrogen (secondary N) is 1. The molecule has 2 rings (SSSR count). The van der Waals surface area contributed by atoms with Crippen molar-refractivity contribution in [3.05, 3.63) is 62.4 Å². The first-order valence-corrected chi connectivity index (χ1v) is 6.81. The molecule has 2 aromatic rings. The van der Waals surface area contributed by atoms with E-state index in [1.54, 1.807) is 12.1 Å². The van der Waals surface area contributed by atoms with Crippen molar-refractivity contribution < 1.29 is 14.1 Å². The molecule has 110 valence electrons. The molecule has 0 saturated heterocycles. The topological polar surface area (TPSA) is 64.4 Å². The molecule has 0 aromatic heterocycles. The fourth-order valence-electron chi connectivity index (χ4n) is 1.77. The number of rotatable bonds is 5. The zero-order valence-electron chi connectivity index (χ0n) is 11.1. The third-order valence-electron chi connectivity index (χ3n) is 2.88. The summed E-state index contributed by atoms with van der Waals surface area (Å²) >= 11 is 3.29. The molecule has 0 aliphatic heterocycles. The van der Waals surface area contributed by atoms with Crippen LogP contribution in [0.5, 0.6) is 5.75 Å². The van der Waals surface area contributed by atoms with Gasteiger partial charge in [-0.3, -0.25) is 10.1 Å². The lowest BCUT2D eigenvalue weighted by atomic mass is 10.2. The predicted octanol–water partition coefficient (Wildman–Crippen LogP) is 4.12. The number of methoxy groups -OCH3 is 1. The Balaban J connectivity index is 2.09. The van der Waals surface area contributed by atoms with Crippen LogP contribution in [0.3, 0.4) is 0 Å². The quantitative estimate of drug-likeness (QED) is 0.647. The van der Waals surface area contributed by atoms with E-state index in [-0.39, 0.29) is 11.4 Å². The molecule has 0 saturated carbocycles. The molecule has 0 heterocycles. The van der Waals surface area contributed by atoms with Crippen LogP contribution in [0.15, 0.2) is 40.9 Å². The summed E-state index contributed by atoms with van der Waals surface area (Å²) in [5, 5.41) is 13.7. The van der Waals surface area contributed by atoms with Crippen LogP contribution in [-0.4, -0.2) is 12.0 Å². The van der Waals surface area contributed by atoms with Crippen molar-refractivity contribution in [3.8, 4) is 5.75 Å². The van der Waals surface area contributed by atoms with Gasteiger partial charge in [0.15, 0.2) is 11.6 Å². The van der Waals surface area contributed by atoms with Crippen molar-refractivity contribution in [2.75, 3.05) is 12.4 Å². The second-order valence-electron chi connectivity index (χ2n) is 4.24. The summed E-state index contributed by atoms with van der Waals surface area (Å²) in [6.07, 6.45) is 0. The number of nitro benzene ring substituents is 1. The monoisotopic (exact) mass is 354 g/mol. The lowest BCUT2D eigenvalue weighted by molar-refractivity contribution is -0.384. The van der Waals surface area contributed by atoms with Gasteiger partial charge in [0.1, 0.15) is 0 Å². The van der Waals surface area contributed by atoms with Gasteiger partial charge in [0.05, 0.1) is 12.0 Å². The van der Waals surface area contributed by atoms with Gasteiger partial charge in [0.25, 0.3) is 5.69 Å². The second-order valence-corrected chi connectivity index (χ2v) is 5.09. The van der Waals surface area contributed by atoms with Crippen LogP contribution < -0.4 is 10.1 Å². The Bertz CT molecular complexity index is 679. The fourth-order valence-corrected chi connectivity index (χ4v) is 2.27. The highest BCUT2D eigenvalue weighted by Crippen LogP contribution is 2.25. The summed E-state index contributed by atoms with van der Waals surface area (Å²) < 4.78 is 19.0. The van der Waals surface area contributed by atoms with E-state index < -0.39 is 10.7 Å². The summed E-state index contributed by atoms with van der Waals surface area (Å²) in [5.41, 5.74) is 1.44. The summed E-state index contributed by atoms with van der Waals surface area (Å²) in [6.45, 7) is 0.407. The second kappa shape index (κ2) is 6.53. The molecule has 0 aliphatic carbocycles. The third-order valence-corrected chi connectivity index (χ3v) is 3.62. The normalized spacial score (nSPS) is 10.2. The number of ether oxygens (including phenoxy) is 1. The van der Waals surface area contributed by atoms with E-state index in [1.807, 2.05) is 0 Å². The zero-order valence-corrected chi connectivity index (χ0v) is 12.7. The Kier molecular flexibility index (Phi) is 4.74. The lowest BCUT2D eigenvalue weighted by Gasteiger charge is -2.09. The van der Waals surface area contributed by atoms with Crippen molar-refractivity contribution in [2.45, 2.75) is 6.54 Å². The summed E-state index contributed by atoms with van der Waals surface area (Å²) in [6, 6.07) is 9.07. The van der Waals surface area contributed by atoms with Crippen molar-refractivity contribution in [1.82, 2.24) is 0 Å². The van der Waals surface area contributed by atoms with Gasteiger partial charge in [0, 0.05) is 34.9 Å². The van der Waals surface area contributed by atoms with Gasteiger partial charge < -0.3 is 10.1 Å². The minimum atomic E-state index is -0.458. The van der Waals surface area contributed by atoms with Crippen molar-refractivity contribution in [1.29, 1.82) is 0 Å². The fraction of sp³-hybridized carbons (Fsp3) is 0.143. The van der Waals surface area contributed by atoms with Crippen molar-refractivity contribution in [2.24, 2.45) is 0 Å². The summed E-state index contributed by atoms with van der Waals surface area (Å²) in [4.78, 5) is 10.2. The van der Waals surface area contributed by atoms with Crippen LogP contribution in [0.25, 0.3) is 0 Å². The van der Waals surface area contributed by atoms with Crippen molar-refractivity contribution in [3.63, 3.8) is 0 Å². The van der Waals surface area contributed by atoms with Crippen LogP contribution in [0.4, 0.5) is 15.8 Å². The van der Waals surface area contributed by atoms with E-state index in [4.69, 9.17) is 4.74 Å². The Hall–Kier alpha value is -2.15. The number of benzene rings is 2. The van der Waals surface area contributed by atoms with Gasteiger partial charge in [0.2, 0.25) is 0 Å². The molecule has 21 heavy (non-hydrogen) atoms. The summed E-state index contributed by atoms with van der Waals surface area (Å²) in [7, 11) is 1.40. The lowest BCUT2D eigenvalue weighted by Crippen LogP contribution is -2.01. The number of non-ortho nitro benzene ring substituents is 1. The van der Waals surface area contributed by atoms with E-state index >= 15 is 0 Å². The Labute approximate surface area is 129 Å². The first-order chi connectivity index (χ1) is 10.0. The average molecular weight is 355 g/mol. The molecule has 2 aromatic carbocycles. The van der Waals surface area contributed by atoms with Gasteiger partial charge in [-0.05, 0) is 23.8 Å². The Morgan fingerprint density at radius 1 is 1.33 bits per heavy atom. The number of nitro groups is 1. The molecule has 0 radical (unpaired) electrons. The predicted molar refractivity (Wildman–Crippen MR) is 81.1 cm³/mol. The van der Waals surface area contributed by atoms with Gasteiger partial charge in [-0.15, -0.1) is 0 Å². The van der Waals surface area contributed by atoms with E-state index in [0.717, 1.165) is 5.56 Å². The molecule has 1 N–H and O–H groups in total. The van der Waals surface area contributed by atoms with Gasteiger partial charge >= 0.3 is 0 Å². The number of anilines is 1. The molecule has 0 unspecified atom stereocenters. The van der Waals surface area contributed by atoms with Gasteiger partial charge in [-0.1, -0.05) is 15.9 Å². The maximum absolute atomic E-state index is 13.5. The maximum Gasteiger partial charge on any atom is 0.270 e. The van der Waals surface area contributed by atoms with Crippen LogP contribution in [0.1, 0.15) is 5.56 Å². The molecule has 0 fully saturated rings. The van der Waals surface area contributed by atoms with Gasteiger partial charge in [-0.2, -0.15) is 0 Å². The molecule has 0 spiro atoms. The molecular weight excluding hydrogens is 343 g/mol. The van der Waals surface area contributed by atoms with Crippen LogP contribution in [0, 0.1) is 15.9 Å². The molecule has 7 heteroatoms. The van der Waals surface area contributed by atoms with E-state index in [0.29, 0.717) is 16.7 Å². The first-order valence-electron chi connectivity index (χ1n) is 6.01. The maximum atomic E-state index is 13.5. The van der Waals surface area contributed by atoms with E-state index in [1.165, 1.54) is 31.4 Å². The Morgan fingerprint density at radius 3 is 2.67 bits per heavy atom. The zero-order chi connectivity index (χ0) is 15.4. The van der Waals surface area contributed by atoms with Crippen LogP contribution >= 0.6 is 15.9 Å². The number of halogens is 2. The highest BCUT2D eigenvalue weighted by molar-refractivity contribution is 9.10. The smallest absolute Gasteiger partial charge is 0.270 e. The minimum absolute atomic E-state index is 0.0149. The molecule has 0 atom stereocenters. The molecule has 5 nitrogen and oxygen atoms in total. The number of hydrogen-bond donors (Lipinski definition) is 1. The van der Waals surface area contributed by atoms with E-state index in [2.05, 4.69) is 21.2 Å². The van der Waals surface area contributed by atoms with Gasteiger partial charge in [-0.25, -0.2) is 4.39 Å². The molecule has 0 amide bonds. The summed E-state index contributed by atoms with van der Waals surface area (Å²) in [5.74, 6) is -0.276.